The van der Waals surface area contributed by atoms with Crippen molar-refractivity contribution >= 4 is 17.0 Å². The molecule has 2 rings (SSSR count). The Hall–Kier alpha value is -1.76. The van der Waals surface area contributed by atoms with Crippen molar-refractivity contribution in [3.63, 3.8) is 0 Å². The van der Waals surface area contributed by atoms with Crippen molar-refractivity contribution in [3.8, 4) is 0 Å². The van der Waals surface area contributed by atoms with E-state index in [2.05, 4.69) is 0 Å². The average molecular weight is 169 g/mol. The van der Waals surface area contributed by atoms with Crippen LogP contribution in [0, 0.1) is 6.58 Å². The van der Waals surface area contributed by atoms with Gasteiger partial charge in [0, 0.05) is 5.39 Å². The van der Waals surface area contributed by atoms with Crippen LogP contribution in [0.15, 0.2) is 47.1 Å². The lowest BCUT2D eigenvalue weighted by atomic mass is 10.1. The Balaban J connectivity index is 2.60. The first-order valence-electron chi connectivity index (χ1n) is 4.09. The summed E-state index contributed by atoms with van der Waals surface area (Å²) >= 11 is 0. The first-order chi connectivity index (χ1) is 6.42. The molecule has 0 N–H and O–H groups in total. The van der Waals surface area contributed by atoms with Crippen LogP contribution in [0.25, 0.3) is 17.0 Å². The summed E-state index contributed by atoms with van der Waals surface area (Å²) in [4.78, 5) is 0. The van der Waals surface area contributed by atoms with E-state index in [0.29, 0.717) is 0 Å². The van der Waals surface area contributed by atoms with Gasteiger partial charge in [-0.3, -0.25) is 0 Å². The van der Waals surface area contributed by atoms with Crippen molar-refractivity contribution in [1.29, 1.82) is 0 Å². The van der Waals surface area contributed by atoms with Gasteiger partial charge in [-0.1, -0.05) is 36.9 Å². The summed E-state index contributed by atoms with van der Waals surface area (Å²) in [5.74, 6) is 0. The molecule has 1 nitrogen and oxygen atoms in total. The summed E-state index contributed by atoms with van der Waals surface area (Å²) in [6.07, 6.45) is 6.96. The molecule has 2 aromatic rings. The number of fused-ring (bicyclic) bond motifs is 1. The monoisotopic (exact) mass is 169 g/mol. The molecular weight excluding hydrogens is 160 g/mol. The van der Waals surface area contributed by atoms with E-state index < -0.39 is 0 Å². The summed E-state index contributed by atoms with van der Waals surface area (Å²) in [7, 11) is 0. The fraction of sp³-hybridized carbons (Fsp3) is 0. The average Bonchev–Trinajstić information content (AvgIpc) is 2.62. The van der Waals surface area contributed by atoms with E-state index in [-0.39, 0.29) is 0 Å². The van der Waals surface area contributed by atoms with Gasteiger partial charge in [0.2, 0.25) is 0 Å². The molecule has 1 aromatic heterocycles. The Morgan fingerprint density at radius 3 is 3.00 bits per heavy atom. The third-order valence-corrected chi connectivity index (χ3v) is 1.92. The molecule has 1 aromatic carbocycles. The maximum absolute atomic E-state index is 5.26. The second kappa shape index (κ2) is 3.31. The quantitative estimate of drug-likeness (QED) is 0.627. The molecule has 0 unspecified atom stereocenters. The molecule has 0 saturated carbocycles. The molecule has 0 saturated heterocycles. The second-order valence-electron chi connectivity index (χ2n) is 2.73. The highest BCUT2D eigenvalue weighted by Gasteiger charge is 1.98. The highest BCUT2D eigenvalue weighted by molar-refractivity contribution is 5.86. The minimum atomic E-state index is 0.902. The van der Waals surface area contributed by atoms with Crippen LogP contribution in [0.1, 0.15) is 5.56 Å². The van der Waals surface area contributed by atoms with Crippen LogP contribution in [-0.2, 0) is 0 Å². The molecule has 1 heterocycles. The Morgan fingerprint density at radius 1 is 1.23 bits per heavy atom. The van der Waals surface area contributed by atoms with E-state index in [0.717, 1.165) is 16.5 Å². The molecule has 1 radical (unpaired) electrons. The first kappa shape index (κ1) is 7.87. The van der Waals surface area contributed by atoms with E-state index in [1.807, 2.05) is 36.4 Å². The van der Waals surface area contributed by atoms with Crippen LogP contribution in [0.2, 0.25) is 0 Å². The summed E-state index contributed by atoms with van der Waals surface area (Å²) in [5.41, 5.74) is 2.02. The normalized spacial score (nSPS) is 11.1. The largest absolute Gasteiger partial charge is 0.464 e. The molecule has 0 atom stereocenters. The SMILES string of the molecule is [CH]=CC=Cc1cccc2occc12. The number of allylic oxidation sites excluding steroid dienone is 2. The smallest absolute Gasteiger partial charge is 0.134 e. The molecule has 0 aliphatic heterocycles. The third-order valence-electron chi connectivity index (χ3n) is 1.92. The molecular formula is C12H9O. The summed E-state index contributed by atoms with van der Waals surface area (Å²) in [6.45, 7) is 5.26. The van der Waals surface area contributed by atoms with Crippen molar-refractivity contribution in [2.24, 2.45) is 0 Å². The molecule has 0 aliphatic carbocycles. The molecule has 0 spiro atoms. The van der Waals surface area contributed by atoms with Gasteiger partial charge in [-0.05, 0) is 17.7 Å². The van der Waals surface area contributed by atoms with E-state index in [9.17, 15) is 0 Å². The number of hydrogen-bond donors (Lipinski definition) is 0. The highest BCUT2D eigenvalue weighted by Crippen LogP contribution is 2.20. The summed E-state index contributed by atoms with van der Waals surface area (Å²) in [5, 5.41) is 1.11. The first-order valence-corrected chi connectivity index (χ1v) is 4.09. The molecule has 13 heavy (non-hydrogen) atoms. The van der Waals surface area contributed by atoms with Crippen molar-refractivity contribution < 1.29 is 4.42 Å². The topological polar surface area (TPSA) is 13.1 Å². The van der Waals surface area contributed by atoms with E-state index in [1.54, 1.807) is 6.26 Å². The van der Waals surface area contributed by atoms with Gasteiger partial charge in [-0.15, -0.1) is 0 Å². The maximum Gasteiger partial charge on any atom is 0.134 e. The van der Waals surface area contributed by atoms with Crippen LogP contribution in [-0.4, -0.2) is 0 Å². The van der Waals surface area contributed by atoms with Crippen molar-refractivity contribution in [1.82, 2.24) is 0 Å². The lowest BCUT2D eigenvalue weighted by Crippen LogP contribution is -1.71. The predicted molar refractivity (Wildman–Crippen MR) is 54.1 cm³/mol. The van der Waals surface area contributed by atoms with Gasteiger partial charge in [-0.2, -0.15) is 0 Å². The molecule has 0 amide bonds. The van der Waals surface area contributed by atoms with Crippen LogP contribution in [0.3, 0.4) is 0 Å². The van der Waals surface area contributed by atoms with E-state index >= 15 is 0 Å². The van der Waals surface area contributed by atoms with Gasteiger partial charge in [0.15, 0.2) is 0 Å². The van der Waals surface area contributed by atoms with E-state index in [1.165, 1.54) is 6.08 Å². The fourth-order valence-electron chi connectivity index (χ4n) is 1.32. The highest BCUT2D eigenvalue weighted by atomic mass is 16.3. The van der Waals surface area contributed by atoms with Gasteiger partial charge >= 0.3 is 0 Å². The van der Waals surface area contributed by atoms with Crippen LogP contribution >= 0.6 is 0 Å². The number of benzene rings is 1. The fourth-order valence-corrected chi connectivity index (χ4v) is 1.32. The maximum atomic E-state index is 5.26. The van der Waals surface area contributed by atoms with Crippen molar-refractivity contribution in [2.75, 3.05) is 0 Å². The Kier molecular flexibility index (Phi) is 2.01. The van der Waals surface area contributed by atoms with Gasteiger partial charge in [0.05, 0.1) is 6.26 Å². The summed E-state index contributed by atoms with van der Waals surface area (Å²) < 4.78 is 5.26. The second-order valence-corrected chi connectivity index (χ2v) is 2.73. The van der Waals surface area contributed by atoms with Crippen molar-refractivity contribution in [2.45, 2.75) is 0 Å². The standard InChI is InChI=1S/C12H9O/c1-2-3-5-10-6-4-7-12-11(10)8-9-13-12/h1-9H. The minimum Gasteiger partial charge on any atom is -0.464 e. The van der Waals surface area contributed by atoms with Crippen LogP contribution in [0.4, 0.5) is 0 Å². The molecule has 0 bridgehead atoms. The summed E-state index contributed by atoms with van der Waals surface area (Å²) in [6, 6.07) is 7.88. The van der Waals surface area contributed by atoms with Gasteiger partial charge in [0.25, 0.3) is 0 Å². The van der Waals surface area contributed by atoms with Gasteiger partial charge in [0.1, 0.15) is 5.58 Å². The minimum absolute atomic E-state index is 0.902. The zero-order valence-corrected chi connectivity index (χ0v) is 7.10. The molecule has 1 heteroatoms. The lowest BCUT2D eigenvalue weighted by Gasteiger charge is -1.93. The molecule has 0 aliphatic rings. The van der Waals surface area contributed by atoms with E-state index in [4.69, 9.17) is 11.0 Å². The number of hydrogen-bond acceptors (Lipinski definition) is 1. The lowest BCUT2D eigenvalue weighted by molar-refractivity contribution is 0.616. The Bertz CT molecular complexity index is 449. The van der Waals surface area contributed by atoms with Crippen LogP contribution in [0.5, 0.6) is 0 Å². The van der Waals surface area contributed by atoms with Crippen LogP contribution < -0.4 is 0 Å². The Morgan fingerprint density at radius 2 is 2.15 bits per heavy atom. The van der Waals surface area contributed by atoms with Gasteiger partial charge in [-0.25, -0.2) is 0 Å². The number of rotatable bonds is 2. The Labute approximate surface area is 77.0 Å². The molecule has 63 valence electrons. The zero-order chi connectivity index (χ0) is 9.10. The molecule has 0 fully saturated rings. The third kappa shape index (κ3) is 1.41. The zero-order valence-electron chi connectivity index (χ0n) is 7.10. The van der Waals surface area contributed by atoms with Crippen molar-refractivity contribution in [3.05, 3.63) is 54.8 Å². The number of furan rings is 1. The van der Waals surface area contributed by atoms with Gasteiger partial charge < -0.3 is 4.42 Å². The predicted octanol–water partition coefficient (Wildman–Crippen LogP) is 3.44.